The molecule has 10 nitrogen and oxygen atoms in total. The number of piperazine rings is 1. The van der Waals surface area contributed by atoms with E-state index in [0.717, 1.165) is 0 Å². The summed E-state index contributed by atoms with van der Waals surface area (Å²) in [6, 6.07) is 2.93. The van der Waals surface area contributed by atoms with Crippen LogP contribution in [0.25, 0.3) is 0 Å². The summed E-state index contributed by atoms with van der Waals surface area (Å²) in [5.41, 5.74) is 0. The summed E-state index contributed by atoms with van der Waals surface area (Å²) in [6.45, 7) is 6.61. The Bertz CT molecular complexity index is 803. The average molecular weight is 460 g/mol. The van der Waals surface area contributed by atoms with E-state index in [1.807, 2.05) is 5.38 Å². The van der Waals surface area contributed by atoms with Gasteiger partial charge in [0.25, 0.3) is 16.1 Å². The van der Waals surface area contributed by atoms with Gasteiger partial charge in [-0.1, -0.05) is 6.07 Å². The zero-order chi connectivity index (χ0) is 21.6. The largest absolute Gasteiger partial charge is 0.379 e. The molecule has 0 aliphatic carbocycles. The van der Waals surface area contributed by atoms with Gasteiger partial charge >= 0.3 is 0 Å². The fraction of sp³-hybridized carbons (Fsp3) is 0.667. The van der Waals surface area contributed by atoms with Crippen LogP contribution >= 0.6 is 11.3 Å². The molecule has 2 N–H and O–H groups in total. The Hall–Kier alpha value is -1.57. The second-order valence-electron chi connectivity index (χ2n) is 7.25. The predicted octanol–water partition coefficient (Wildman–Crippen LogP) is -0.823. The number of nitrogens with one attached hydrogen (secondary N) is 2. The SMILES string of the molecule is CC(NC(=O)c1cccs1)C(=O)N1CCN(CCNS(=O)(=O)N2CCOCC2)CC1. The molecule has 0 saturated carbocycles. The van der Waals surface area contributed by atoms with Crippen molar-refractivity contribution in [3.63, 3.8) is 0 Å². The standard InChI is InChI=1S/C18H29N5O5S2/c1-15(20-17(24)16-3-2-14-29-16)18(25)22-8-6-21(7-9-22)5-4-19-30(26,27)23-10-12-28-13-11-23/h2-3,14-15,19H,4-13H2,1H3,(H,20,24). The van der Waals surface area contributed by atoms with Crippen molar-refractivity contribution >= 4 is 33.4 Å². The molecule has 168 valence electrons. The molecule has 0 aromatic carbocycles. The monoisotopic (exact) mass is 459 g/mol. The van der Waals surface area contributed by atoms with Crippen molar-refractivity contribution < 1.29 is 22.7 Å². The lowest BCUT2D eigenvalue weighted by atomic mass is 10.2. The summed E-state index contributed by atoms with van der Waals surface area (Å²) >= 11 is 1.34. The number of hydrogen-bond acceptors (Lipinski definition) is 7. The van der Waals surface area contributed by atoms with Crippen LogP contribution in [0.4, 0.5) is 0 Å². The van der Waals surface area contributed by atoms with E-state index in [1.165, 1.54) is 15.6 Å². The number of hydrogen-bond donors (Lipinski definition) is 2. The molecule has 2 aliphatic rings. The third-order valence-corrected chi connectivity index (χ3v) is 7.65. The maximum atomic E-state index is 12.6. The zero-order valence-electron chi connectivity index (χ0n) is 17.1. The molecule has 1 atom stereocenters. The van der Waals surface area contributed by atoms with E-state index < -0.39 is 16.3 Å². The lowest BCUT2D eigenvalue weighted by Crippen LogP contribution is -2.55. The number of nitrogens with zero attached hydrogens (tertiary/aromatic N) is 3. The van der Waals surface area contributed by atoms with Gasteiger partial charge in [-0.05, 0) is 18.4 Å². The lowest BCUT2D eigenvalue weighted by molar-refractivity contribution is -0.134. The maximum absolute atomic E-state index is 12.6. The Morgan fingerprint density at radius 3 is 2.50 bits per heavy atom. The molecular weight excluding hydrogens is 430 g/mol. The third kappa shape index (κ3) is 6.22. The summed E-state index contributed by atoms with van der Waals surface area (Å²) in [4.78, 5) is 29.2. The van der Waals surface area contributed by atoms with Crippen LogP contribution in [0.2, 0.25) is 0 Å². The Labute approximate surface area is 181 Å². The van der Waals surface area contributed by atoms with Crippen molar-refractivity contribution in [3.05, 3.63) is 22.4 Å². The predicted molar refractivity (Wildman–Crippen MR) is 114 cm³/mol. The highest BCUT2D eigenvalue weighted by Crippen LogP contribution is 2.09. The van der Waals surface area contributed by atoms with Crippen LogP contribution in [0.15, 0.2) is 17.5 Å². The van der Waals surface area contributed by atoms with E-state index in [1.54, 1.807) is 24.0 Å². The normalized spacial score (nSPS) is 20.1. The molecule has 1 aromatic heterocycles. The topological polar surface area (TPSA) is 111 Å². The molecule has 2 aliphatic heterocycles. The van der Waals surface area contributed by atoms with Gasteiger partial charge in [-0.25, -0.2) is 4.72 Å². The fourth-order valence-electron chi connectivity index (χ4n) is 3.41. The zero-order valence-corrected chi connectivity index (χ0v) is 18.7. The van der Waals surface area contributed by atoms with Gasteiger partial charge in [0.15, 0.2) is 0 Å². The molecule has 2 fully saturated rings. The van der Waals surface area contributed by atoms with E-state index >= 15 is 0 Å². The van der Waals surface area contributed by atoms with E-state index in [4.69, 9.17) is 4.74 Å². The molecule has 0 bridgehead atoms. The highest BCUT2D eigenvalue weighted by Gasteiger charge is 2.27. The second kappa shape index (κ2) is 10.6. The third-order valence-electron chi connectivity index (χ3n) is 5.17. The molecule has 30 heavy (non-hydrogen) atoms. The average Bonchev–Trinajstić information content (AvgIpc) is 3.29. The molecule has 1 unspecified atom stereocenters. The molecule has 3 heterocycles. The molecule has 3 rings (SSSR count). The highest BCUT2D eigenvalue weighted by molar-refractivity contribution is 7.87. The van der Waals surface area contributed by atoms with Gasteiger partial charge in [0.2, 0.25) is 5.91 Å². The molecule has 2 saturated heterocycles. The van der Waals surface area contributed by atoms with Gasteiger partial charge in [0.1, 0.15) is 6.04 Å². The van der Waals surface area contributed by atoms with Crippen molar-refractivity contribution in [3.8, 4) is 0 Å². The van der Waals surface area contributed by atoms with Crippen molar-refractivity contribution in [2.75, 3.05) is 65.6 Å². The van der Waals surface area contributed by atoms with Crippen LogP contribution in [0.5, 0.6) is 0 Å². The molecule has 2 amide bonds. The fourth-order valence-corrected chi connectivity index (χ4v) is 5.20. The quantitative estimate of drug-likeness (QED) is 0.525. The Morgan fingerprint density at radius 2 is 1.87 bits per heavy atom. The first-order valence-corrected chi connectivity index (χ1v) is 12.4. The van der Waals surface area contributed by atoms with Crippen LogP contribution in [-0.4, -0.2) is 106 Å². The minimum Gasteiger partial charge on any atom is -0.379 e. The first kappa shape index (κ1) is 23.1. The minimum absolute atomic E-state index is 0.104. The number of amides is 2. The Kier molecular flexibility index (Phi) is 8.20. The number of ether oxygens (including phenoxy) is 1. The number of rotatable bonds is 8. The van der Waals surface area contributed by atoms with Crippen LogP contribution < -0.4 is 10.0 Å². The van der Waals surface area contributed by atoms with Crippen LogP contribution in [-0.2, 0) is 19.7 Å². The molecular formula is C18H29N5O5S2. The van der Waals surface area contributed by atoms with Gasteiger partial charge in [-0.2, -0.15) is 12.7 Å². The lowest BCUT2D eigenvalue weighted by Gasteiger charge is -2.36. The van der Waals surface area contributed by atoms with Crippen molar-refractivity contribution in [2.24, 2.45) is 0 Å². The summed E-state index contributed by atoms with van der Waals surface area (Å²) < 4.78 is 33.8. The first-order chi connectivity index (χ1) is 14.4. The maximum Gasteiger partial charge on any atom is 0.279 e. The molecule has 0 radical (unpaired) electrons. The van der Waals surface area contributed by atoms with Gasteiger partial charge in [-0.3, -0.25) is 14.5 Å². The summed E-state index contributed by atoms with van der Waals surface area (Å²) in [6.07, 6.45) is 0. The minimum atomic E-state index is -3.48. The van der Waals surface area contributed by atoms with Gasteiger partial charge < -0.3 is 15.0 Å². The van der Waals surface area contributed by atoms with E-state index in [9.17, 15) is 18.0 Å². The van der Waals surface area contributed by atoms with Crippen LogP contribution in [0, 0.1) is 0 Å². The molecule has 0 spiro atoms. The van der Waals surface area contributed by atoms with E-state index in [2.05, 4.69) is 14.9 Å². The summed E-state index contributed by atoms with van der Waals surface area (Å²) in [5, 5.41) is 4.57. The second-order valence-corrected chi connectivity index (χ2v) is 9.95. The van der Waals surface area contributed by atoms with Crippen molar-refractivity contribution in [1.82, 2.24) is 24.1 Å². The van der Waals surface area contributed by atoms with Crippen LogP contribution in [0.1, 0.15) is 16.6 Å². The summed E-state index contributed by atoms with van der Waals surface area (Å²) in [7, 11) is -3.48. The Morgan fingerprint density at radius 1 is 1.17 bits per heavy atom. The van der Waals surface area contributed by atoms with E-state index in [0.29, 0.717) is 70.4 Å². The van der Waals surface area contributed by atoms with Crippen LogP contribution in [0.3, 0.4) is 0 Å². The van der Waals surface area contributed by atoms with Gasteiger partial charge in [0.05, 0.1) is 18.1 Å². The van der Waals surface area contributed by atoms with Gasteiger partial charge in [0, 0.05) is 52.4 Å². The smallest absolute Gasteiger partial charge is 0.279 e. The van der Waals surface area contributed by atoms with E-state index in [-0.39, 0.29) is 11.8 Å². The van der Waals surface area contributed by atoms with Gasteiger partial charge in [-0.15, -0.1) is 11.3 Å². The first-order valence-electron chi connectivity index (χ1n) is 10.0. The molecule has 1 aromatic rings. The number of morpholine rings is 1. The number of carbonyl (C=O) groups is 2. The van der Waals surface area contributed by atoms with Crippen molar-refractivity contribution in [2.45, 2.75) is 13.0 Å². The number of thiophene rings is 1. The molecule has 12 heteroatoms. The van der Waals surface area contributed by atoms with Crippen molar-refractivity contribution in [1.29, 1.82) is 0 Å². The highest BCUT2D eigenvalue weighted by atomic mass is 32.2. The number of carbonyl (C=O) groups excluding carboxylic acids is 2. The Balaban J connectivity index is 1.36. The summed E-state index contributed by atoms with van der Waals surface area (Å²) in [5.74, 6) is -0.343.